The number of benzene rings is 1. The molecule has 0 bridgehead atoms. The summed E-state index contributed by atoms with van der Waals surface area (Å²) < 4.78 is 0. The van der Waals surface area contributed by atoms with E-state index in [0.717, 1.165) is 26.2 Å². The van der Waals surface area contributed by atoms with E-state index in [-0.39, 0.29) is 18.2 Å². The highest BCUT2D eigenvalue weighted by molar-refractivity contribution is 5.14. The number of piperazine rings is 1. The Labute approximate surface area is 116 Å². The predicted molar refractivity (Wildman–Crippen MR) is 79.1 cm³/mol. The second-order valence-electron chi connectivity index (χ2n) is 6.42. The first-order chi connectivity index (χ1) is 9.00. The van der Waals surface area contributed by atoms with Gasteiger partial charge in [0.25, 0.3) is 0 Å². The third-order valence-electron chi connectivity index (χ3n) is 3.89. The van der Waals surface area contributed by atoms with Gasteiger partial charge < -0.3 is 5.11 Å². The van der Waals surface area contributed by atoms with E-state index < -0.39 is 0 Å². The first kappa shape index (κ1) is 14.5. The first-order valence-electron chi connectivity index (χ1n) is 7.14. The van der Waals surface area contributed by atoms with Crippen molar-refractivity contribution in [2.75, 3.05) is 26.2 Å². The van der Waals surface area contributed by atoms with Gasteiger partial charge in [0.15, 0.2) is 0 Å². The Morgan fingerprint density at radius 1 is 1.16 bits per heavy atom. The van der Waals surface area contributed by atoms with E-state index in [1.807, 2.05) is 0 Å². The number of nitrogens with zero attached hydrogens (tertiary/aromatic N) is 2. The number of aliphatic hydroxyl groups excluding tert-OH is 1. The third-order valence-corrected chi connectivity index (χ3v) is 3.89. The minimum Gasteiger partial charge on any atom is -0.395 e. The Kier molecular flexibility index (Phi) is 4.61. The van der Waals surface area contributed by atoms with E-state index in [0.29, 0.717) is 0 Å². The molecule has 2 rings (SSSR count). The van der Waals surface area contributed by atoms with Crippen LogP contribution in [0.4, 0.5) is 0 Å². The Morgan fingerprint density at radius 3 is 2.42 bits per heavy atom. The van der Waals surface area contributed by atoms with Crippen molar-refractivity contribution in [1.29, 1.82) is 0 Å². The van der Waals surface area contributed by atoms with Gasteiger partial charge in [0, 0.05) is 37.8 Å². The van der Waals surface area contributed by atoms with Crippen molar-refractivity contribution < 1.29 is 5.11 Å². The number of hydrogen-bond acceptors (Lipinski definition) is 3. The smallest absolute Gasteiger partial charge is 0.0599 e. The lowest BCUT2D eigenvalue weighted by Crippen LogP contribution is -2.60. The van der Waals surface area contributed by atoms with Crippen molar-refractivity contribution in [3.05, 3.63) is 35.9 Å². The monoisotopic (exact) mass is 262 g/mol. The molecular formula is C16H26N2O. The zero-order chi connectivity index (χ0) is 13.9. The molecule has 0 saturated carbocycles. The molecule has 1 aromatic carbocycles. The normalized spacial score (nSPS) is 22.6. The van der Waals surface area contributed by atoms with E-state index in [1.54, 1.807) is 0 Å². The molecule has 1 atom stereocenters. The van der Waals surface area contributed by atoms with Crippen LogP contribution >= 0.6 is 0 Å². The van der Waals surface area contributed by atoms with E-state index in [4.69, 9.17) is 0 Å². The highest BCUT2D eigenvalue weighted by Crippen LogP contribution is 2.21. The Morgan fingerprint density at radius 2 is 1.84 bits per heavy atom. The van der Waals surface area contributed by atoms with Crippen molar-refractivity contribution >= 4 is 0 Å². The van der Waals surface area contributed by atoms with Crippen LogP contribution in [0.1, 0.15) is 26.3 Å². The van der Waals surface area contributed by atoms with Gasteiger partial charge >= 0.3 is 0 Å². The average molecular weight is 262 g/mol. The molecule has 1 N–H and O–H groups in total. The van der Waals surface area contributed by atoms with Crippen molar-refractivity contribution in [3.8, 4) is 0 Å². The van der Waals surface area contributed by atoms with Crippen LogP contribution in [-0.4, -0.2) is 52.7 Å². The number of rotatable bonds is 3. The maximum atomic E-state index is 9.64. The van der Waals surface area contributed by atoms with E-state index in [1.165, 1.54) is 5.56 Å². The largest absolute Gasteiger partial charge is 0.395 e. The van der Waals surface area contributed by atoms with Crippen molar-refractivity contribution in [3.63, 3.8) is 0 Å². The third kappa shape index (κ3) is 3.78. The molecule has 1 aromatic rings. The molecule has 1 saturated heterocycles. The molecule has 106 valence electrons. The summed E-state index contributed by atoms with van der Waals surface area (Å²) >= 11 is 0. The van der Waals surface area contributed by atoms with Gasteiger partial charge in [0.05, 0.1) is 6.61 Å². The zero-order valence-electron chi connectivity index (χ0n) is 12.3. The summed E-state index contributed by atoms with van der Waals surface area (Å²) in [5.74, 6) is 0. The molecule has 1 aliphatic rings. The van der Waals surface area contributed by atoms with E-state index in [2.05, 4.69) is 60.9 Å². The van der Waals surface area contributed by atoms with E-state index >= 15 is 0 Å². The minimum absolute atomic E-state index is 0.131. The molecule has 3 heteroatoms. The Bertz CT molecular complexity index is 385. The van der Waals surface area contributed by atoms with Gasteiger partial charge in [-0.2, -0.15) is 0 Å². The lowest BCUT2D eigenvalue weighted by atomic mass is 10.00. The molecule has 0 radical (unpaired) electrons. The van der Waals surface area contributed by atoms with Crippen LogP contribution in [0.3, 0.4) is 0 Å². The molecular weight excluding hydrogens is 236 g/mol. The molecule has 0 aromatic heterocycles. The molecule has 1 fully saturated rings. The second-order valence-corrected chi connectivity index (χ2v) is 6.42. The summed E-state index contributed by atoms with van der Waals surface area (Å²) in [6, 6.07) is 10.8. The summed E-state index contributed by atoms with van der Waals surface area (Å²) in [5.41, 5.74) is 1.48. The van der Waals surface area contributed by atoms with Crippen molar-refractivity contribution in [2.45, 2.75) is 38.9 Å². The van der Waals surface area contributed by atoms with Gasteiger partial charge in [-0.25, -0.2) is 0 Å². The maximum Gasteiger partial charge on any atom is 0.0599 e. The van der Waals surface area contributed by atoms with Crippen LogP contribution in [0.5, 0.6) is 0 Å². The second kappa shape index (κ2) is 6.04. The Hall–Kier alpha value is -0.900. The quantitative estimate of drug-likeness (QED) is 0.902. The lowest BCUT2D eigenvalue weighted by Gasteiger charge is -2.47. The fourth-order valence-electron chi connectivity index (χ4n) is 2.94. The fraction of sp³-hybridized carbons (Fsp3) is 0.625. The van der Waals surface area contributed by atoms with Gasteiger partial charge in [-0.3, -0.25) is 9.80 Å². The maximum absolute atomic E-state index is 9.64. The standard InChI is InChI=1S/C16H26N2O/c1-16(2,3)18-10-9-17(12-15(18)13-19)11-14-7-5-4-6-8-14/h4-8,15,19H,9-13H2,1-3H3. The number of hydrogen-bond donors (Lipinski definition) is 1. The fourth-order valence-corrected chi connectivity index (χ4v) is 2.94. The lowest BCUT2D eigenvalue weighted by molar-refractivity contribution is -0.0163. The number of aliphatic hydroxyl groups is 1. The highest BCUT2D eigenvalue weighted by Gasteiger charge is 2.33. The topological polar surface area (TPSA) is 26.7 Å². The van der Waals surface area contributed by atoms with Gasteiger partial charge in [-0.1, -0.05) is 30.3 Å². The SMILES string of the molecule is CC(C)(C)N1CCN(Cc2ccccc2)CC1CO. The van der Waals surface area contributed by atoms with Crippen molar-refractivity contribution in [1.82, 2.24) is 9.80 Å². The summed E-state index contributed by atoms with van der Waals surface area (Å²) in [6.45, 7) is 10.9. The summed E-state index contributed by atoms with van der Waals surface area (Å²) in [5, 5.41) is 9.64. The predicted octanol–water partition coefficient (Wildman–Crippen LogP) is 1.96. The van der Waals surface area contributed by atoms with Gasteiger partial charge in [-0.15, -0.1) is 0 Å². The Balaban J connectivity index is 1.97. The highest BCUT2D eigenvalue weighted by atomic mass is 16.3. The molecule has 3 nitrogen and oxygen atoms in total. The van der Waals surface area contributed by atoms with Crippen LogP contribution < -0.4 is 0 Å². The molecule has 0 amide bonds. The first-order valence-corrected chi connectivity index (χ1v) is 7.14. The van der Waals surface area contributed by atoms with Gasteiger partial charge in [0.2, 0.25) is 0 Å². The molecule has 1 unspecified atom stereocenters. The summed E-state index contributed by atoms with van der Waals surface area (Å²) in [6.07, 6.45) is 0. The van der Waals surface area contributed by atoms with Crippen molar-refractivity contribution in [2.24, 2.45) is 0 Å². The summed E-state index contributed by atoms with van der Waals surface area (Å²) in [4.78, 5) is 4.87. The van der Waals surface area contributed by atoms with Crippen LogP contribution in [0.25, 0.3) is 0 Å². The average Bonchev–Trinajstić information content (AvgIpc) is 2.38. The zero-order valence-corrected chi connectivity index (χ0v) is 12.3. The van der Waals surface area contributed by atoms with Crippen LogP contribution in [-0.2, 0) is 6.54 Å². The van der Waals surface area contributed by atoms with Gasteiger partial charge in [0.1, 0.15) is 0 Å². The van der Waals surface area contributed by atoms with Crippen LogP contribution in [0.2, 0.25) is 0 Å². The van der Waals surface area contributed by atoms with E-state index in [9.17, 15) is 5.11 Å². The molecule has 1 aliphatic heterocycles. The van der Waals surface area contributed by atoms with Crippen LogP contribution in [0.15, 0.2) is 30.3 Å². The molecule has 0 aliphatic carbocycles. The molecule has 1 heterocycles. The molecule has 19 heavy (non-hydrogen) atoms. The van der Waals surface area contributed by atoms with Gasteiger partial charge in [-0.05, 0) is 26.3 Å². The molecule has 0 spiro atoms. The van der Waals surface area contributed by atoms with Crippen LogP contribution in [0, 0.1) is 0 Å². The summed E-state index contributed by atoms with van der Waals surface area (Å²) in [7, 11) is 0. The minimum atomic E-state index is 0.131.